The maximum Gasteiger partial charge on any atom is 0.418 e. The Morgan fingerprint density at radius 1 is 1.21 bits per heavy atom. The summed E-state index contributed by atoms with van der Waals surface area (Å²) in [7, 11) is 0. The summed E-state index contributed by atoms with van der Waals surface area (Å²) >= 11 is 0. The van der Waals surface area contributed by atoms with Gasteiger partial charge in [-0.15, -0.1) is 0 Å². The molecule has 2 fully saturated rings. The zero-order chi connectivity index (χ0) is 21.2. The molecular weight excluding hydrogens is 391 g/mol. The van der Waals surface area contributed by atoms with Crippen molar-refractivity contribution in [1.82, 2.24) is 5.32 Å². The first-order chi connectivity index (χ1) is 13.6. The van der Waals surface area contributed by atoms with E-state index in [-0.39, 0.29) is 36.6 Å². The van der Waals surface area contributed by atoms with E-state index in [1.165, 1.54) is 12.1 Å². The van der Waals surface area contributed by atoms with Crippen molar-refractivity contribution < 1.29 is 32.7 Å². The first kappa shape index (κ1) is 20.9. The lowest BCUT2D eigenvalue weighted by Crippen LogP contribution is -2.47. The van der Waals surface area contributed by atoms with Crippen molar-refractivity contribution in [3.8, 4) is 0 Å². The second kappa shape index (κ2) is 8.30. The van der Waals surface area contributed by atoms with Crippen LogP contribution in [0.3, 0.4) is 0 Å². The highest BCUT2D eigenvalue weighted by molar-refractivity contribution is 6.01. The molecule has 2 heterocycles. The maximum atomic E-state index is 13.7. The van der Waals surface area contributed by atoms with Gasteiger partial charge in [-0.2, -0.15) is 13.2 Å². The molecule has 0 radical (unpaired) electrons. The molecule has 29 heavy (non-hydrogen) atoms. The van der Waals surface area contributed by atoms with E-state index in [1.807, 2.05) is 0 Å². The third kappa shape index (κ3) is 5.18. The molecule has 0 spiro atoms. The highest BCUT2D eigenvalue weighted by Gasteiger charge is 2.36. The van der Waals surface area contributed by atoms with Crippen molar-refractivity contribution in [2.24, 2.45) is 5.92 Å². The number of nitrogens with one attached hydrogen (secondary N) is 2. The number of halogens is 3. The van der Waals surface area contributed by atoms with Crippen molar-refractivity contribution in [2.75, 3.05) is 23.3 Å². The van der Waals surface area contributed by atoms with Crippen LogP contribution in [0.2, 0.25) is 0 Å². The molecule has 0 bridgehead atoms. The first-order valence-corrected chi connectivity index (χ1v) is 9.41. The van der Waals surface area contributed by atoms with Gasteiger partial charge >= 0.3 is 12.1 Å². The average molecular weight is 413 g/mol. The Morgan fingerprint density at radius 3 is 2.48 bits per heavy atom. The summed E-state index contributed by atoms with van der Waals surface area (Å²) in [5.74, 6) is -1.89. The van der Waals surface area contributed by atoms with Crippen LogP contribution in [0.1, 0.15) is 37.7 Å². The summed E-state index contributed by atoms with van der Waals surface area (Å²) in [5, 5.41) is 13.8. The molecular formula is C19H22F3N3O4. The summed E-state index contributed by atoms with van der Waals surface area (Å²) in [5.41, 5.74) is -0.622. The standard InChI is InChI=1S/C19H22F3N3O4/c20-19(21,22)13-10-12(23-14-2-4-16(26)24-18(14)29)1-3-15(13)25-7-5-11(6-8-25)9-17(27)28/h1,3,10-11,14,23H,2,4-9H2,(H,27,28)(H,24,26,29). The number of carbonyl (C=O) groups excluding carboxylic acids is 2. The van der Waals surface area contributed by atoms with Gasteiger partial charge in [-0.05, 0) is 43.4 Å². The van der Waals surface area contributed by atoms with Gasteiger partial charge in [-0.1, -0.05) is 0 Å². The number of rotatable bonds is 5. The third-order valence-corrected chi connectivity index (χ3v) is 5.30. The number of imide groups is 1. The highest BCUT2D eigenvalue weighted by atomic mass is 19.4. The SMILES string of the molecule is O=C(O)CC1CCN(c2ccc(NC3CCC(=O)NC3=O)cc2C(F)(F)F)CC1. The van der Waals surface area contributed by atoms with Crippen LogP contribution < -0.4 is 15.5 Å². The van der Waals surface area contributed by atoms with Crippen LogP contribution in [-0.2, 0) is 20.6 Å². The Labute approximate surface area is 165 Å². The minimum atomic E-state index is -4.59. The molecule has 1 aromatic rings. The number of carboxylic acids is 1. The summed E-state index contributed by atoms with van der Waals surface area (Å²) in [6.07, 6.45) is -3.20. The van der Waals surface area contributed by atoms with Gasteiger partial charge in [0, 0.05) is 37.3 Å². The van der Waals surface area contributed by atoms with Gasteiger partial charge in [0.1, 0.15) is 6.04 Å². The zero-order valence-corrected chi connectivity index (χ0v) is 15.6. The number of hydrogen-bond donors (Lipinski definition) is 3. The van der Waals surface area contributed by atoms with Gasteiger partial charge in [-0.25, -0.2) is 0 Å². The smallest absolute Gasteiger partial charge is 0.418 e. The van der Waals surface area contributed by atoms with Crippen LogP contribution in [0.4, 0.5) is 24.5 Å². The monoisotopic (exact) mass is 413 g/mol. The van der Waals surface area contributed by atoms with Gasteiger partial charge in [0.05, 0.1) is 5.56 Å². The van der Waals surface area contributed by atoms with E-state index in [0.29, 0.717) is 25.9 Å². The number of benzene rings is 1. The van der Waals surface area contributed by atoms with E-state index < -0.39 is 35.6 Å². The van der Waals surface area contributed by atoms with Crippen molar-refractivity contribution in [1.29, 1.82) is 0 Å². The summed E-state index contributed by atoms with van der Waals surface area (Å²) in [6.45, 7) is 0.696. The lowest BCUT2D eigenvalue weighted by Gasteiger charge is -2.35. The number of alkyl halides is 3. The zero-order valence-electron chi connectivity index (χ0n) is 15.6. The minimum Gasteiger partial charge on any atom is -0.481 e. The fourth-order valence-corrected chi connectivity index (χ4v) is 3.79. The van der Waals surface area contributed by atoms with Crippen LogP contribution in [0.5, 0.6) is 0 Å². The predicted octanol–water partition coefficient (Wildman–Crippen LogP) is 2.61. The first-order valence-electron chi connectivity index (χ1n) is 9.41. The topological polar surface area (TPSA) is 98.7 Å². The number of carbonyl (C=O) groups is 3. The normalized spacial score (nSPS) is 21.1. The van der Waals surface area contributed by atoms with E-state index >= 15 is 0 Å². The fourth-order valence-electron chi connectivity index (χ4n) is 3.79. The Balaban J connectivity index is 1.76. The second-order valence-corrected chi connectivity index (χ2v) is 7.41. The van der Waals surface area contributed by atoms with Crippen molar-refractivity contribution in [3.05, 3.63) is 23.8 Å². The molecule has 3 rings (SSSR count). The summed E-state index contributed by atoms with van der Waals surface area (Å²) in [6, 6.07) is 3.06. The molecule has 1 aromatic carbocycles. The Hall–Kier alpha value is -2.78. The molecule has 2 saturated heterocycles. The van der Waals surface area contributed by atoms with Crippen molar-refractivity contribution in [2.45, 2.75) is 44.3 Å². The number of piperidine rings is 2. The average Bonchev–Trinajstić information content (AvgIpc) is 2.63. The molecule has 0 saturated carbocycles. The maximum absolute atomic E-state index is 13.7. The van der Waals surface area contributed by atoms with E-state index in [9.17, 15) is 27.6 Å². The fraction of sp³-hybridized carbons (Fsp3) is 0.526. The molecule has 10 heteroatoms. The molecule has 0 aliphatic carbocycles. The van der Waals surface area contributed by atoms with Gasteiger partial charge in [-0.3, -0.25) is 19.7 Å². The molecule has 3 N–H and O–H groups in total. The lowest BCUT2D eigenvalue weighted by molar-refractivity contribution is -0.138. The summed E-state index contributed by atoms with van der Waals surface area (Å²) < 4.78 is 41.0. The Bertz CT molecular complexity index is 804. The molecule has 2 aliphatic heterocycles. The van der Waals surface area contributed by atoms with E-state index in [4.69, 9.17) is 5.11 Å². The third-order valence-electron chi connectivity index (χ3n) is 5.30. The number of hydrogen-bond acceptors (Lipinski definition) is 5. The molecule has 1 unspecified atom stereocenters. The molecule has 2 amide bonds. The summed E-state index contributed by atoms with van der Waals surface area (Å²) in [4.78, 5) is 35.5. The van der Waals surface area contributed by atoms with Crippen LogP contribution in [-0.4, -0.2) is 42.0 Å². The number of aliphatic carboxylic acids is 1. The van der Waals surface area contributed by atoms with Crippen LogP contribution in [0.15, 0.2) is 18.2 Å². The highest BCUT2D eigenvalue weighted by Crippen LogP contribution is 2.40. The molecule has 158 valence electrons. The Morgan fingerprint density at radius 2 is 1.90 bits per heavy atom. The van der Waals surface area contributed by atoms with Gasteiger partial charge in [0.15, 0.2) is 0 Å². The quantitative estimate of drug-likeness (QED) is 0.642. The van der Waals surface area contributed by atoms with Crippen LogP contribution >= 0.6 is 0 Å². The number of anilines is 2. The number of carboxylic acid groups (broad SMARTS) is 1. The number of amides is 2. The second-order valence-electron chi connectivity index (χ2n) is 7.41. The van der Waals surface area contributed by atoms with Gasteiger partial charge < -0.3 is 15.3 Å². The van der Waals surface area contributed by atoms with Gasteiger partial charge in [0.2, 0.25) is 11.8 Å². The van der Waals surface area contributed by atoms with E-state index in [2.05, 4.69) is 10.6 Å². The van der Waals surface area contributed by atoms with Gasteiger partial charge in [0.25, 0.3) is 0 Å². The Kier molecular flexibility index (Phi) is 5.99. The van der Waals surface area contributed by atoms with Crippen LogP contribution in [0, 0.1) is 5.92 Å². The lowest BCUT2D eigenvalue weighted by atomic mass is 9.93. The molecule has 2 aliphatic rings. The van der Waals surface area contributed by atoms with Crippen molar-refractivity contribution in [3.63, 3.8) is 0 Å². The molecule has 1 atom stereocenters. The van der Waals surface area contributed by atoms with Crippen LogP contribution in [0.25, 0.3) is 0 Å². The van der Waals surface area contributed by atoms with E-state index in [1.54, 1.807) is 4.90 Å². The molecule has 0 aromatic heterocycles. The van der Waals surface area contributed by atoms with Crippen molar-refractivity contribution >= 4 is 29.2 Å². The number of nitrogens with zero attached hydrogens (tertiary/aromatic N) is 1. The van der Waals surface area contributed by atoms with E-state index in [0.717, 1.165) is 6.07 Å². The minimum absolute atomic E-state index is 0.0226. The molecule has 7 nitrogen and oxygen atoms in total. The predicted molar refractivity (Wildman–Crippen MR) is 98.4 cm³/mol. The largest absolute Gasteiger partial charge is 0.481 e.